The van der Waals surface area contributed by atoms with Crippen LogP contribution >= 0.6 is 0 Å². The third-order valence-electron chi connectivity index (χ3n) is 1.74. The van der Waals surface area contributed by atoms with Crippen molar-refractivity contribution < 1.29 is 9.13 Å². The summed E-state index contributed by atoms with van der Waals surface area (Å²) >= 11 is 0. The van der Waals surface area contributed by atoms with E-state index in [0.29, 0.717) is 13.0 Å². The van der Waals surface area contributed by atoms with Crippen LogP contribution in [0.2, 0.25) is 0 Å². The highest BCUT2D eigenvalue weighted by Crippen LogP contribution is 2.22. The normalized spacial score (nSPS) is 16.5. The van der Waals surface area contributed by atoms with E-state index in [1.807, 2.05) is 0 Å². The summed E-state index contributed by atoms with van der Waals surface area (Å²) in [6, 6.07) is 0. The number of alkyl halides is 1. The summed E-state index contributed by atoms with van der Waals surface area (Å²) in [4.78, 5) is 0. The second kappa shape index (κ2) is 4.50. The quantitative estimate of drug-likeness (QED) is 0.444. The number of hydrogen-bond acceptors (Lipinski definition) is 1. The van der Waals surface area contributed by atoms with E-state index in [0.717, 1.165) is 0 Å². The average molecular weight is 160 g/mol. The van der Waals surface area contributed by atoms with Crippen molar-refractivity contribution in [2.45, 2.75) is 33.0 Å². The zero-order chi connectivity index (χ0) is 8.91. The lowest BCUT2D eigenvalue weighted by Crippen LogP contribution is -2.29. The Morgan fingerprint density at radius 3 is 2.55 bits per heavy atom. The van der Waals surface area contributed by atoms with Crippen LogP contribution in [0.15, 0.2) is 12.7 Å². The van der Waals surface area contributed by atoms with Crippen LogP contribution in [-0.4, -0.2) is 12.5 Å². The van der Waals surface area contributed by atoms with E-state index in [1.54, 1.807) is 19.9 Å². The highest BCUT2D eigenvalue weighted by molar-refractivity contribution is 4.69. The summed E-state index contributed by atoms with van der Waals surface area (Å²) in [7, 11) is 0. The molecule has 0 aromatic heterocycles. The van der Waals surface area contributed by atoms with Crippen molar-refractivity contribution in [1.82, 2.24) is 0 Å². The molecule has 0 bridgehead atoms. The van der Waals surface area contributed by atoms with Crippen LogP contribution in [0.25, 0.3) is 0 Å². The van der Waals surface area contributed by atoms with Crippen molar-refractivity contribution in [2.24, 2.45) is 5.92 Å². The summed E-state index contributed by atoms with van der Waals surface area (Å²) < 4.78 is 18.3. The third kappa shape index (κ3) is 4.14. The van der Waals surface area contributed by atoms with Gasteiger partial charge in [-0.2, -0.15) is 0 Å². The summed E-state index contributed by atoms with van der Waals surface area (Å²) in [6.07, 6.45) is 2.42. The zero-order valence-corrected chi connectivity index (χ0v) is 7.56. The van der Waals surface area contributed by atoms with Gasteiger partial charge in [0.2, 0.25) is 5.85 Å². The Labute approximate surface area is 68.2 Å². The summed E-state index contributed by atoms with van der Waals surface area (Å²) in [5, 5.41) is 0. The standard InChI is InChI=1S/C9H17FO/c1-5-6-7-11-9(4,10)8(2)3/h5,8H,1,6-7H2,2-4H3. The molecule has 0 amide bonds. The molecule has 0 aliphatic rings. The van der Waals surface area contributed by atoms with Crippen LogP contribution in [0, 0.1) is 5.92 Å². The molecule has 0 fully saturated rings. The molecule has 0 rings (SSSR count). The molecule has 0 radical (unpaired) electrons. The first-order valence-electron chi connectivity index (χ1n) is 3.94. The minimum atomic E-state index is -1.50. The number of ether oxygens (including phenoxy) is 1. The average Bonchev–Trinajstić information content (AvgIpc) is 1.88. The molecule has 0 aromatic carbocycles. The van der Waals surface area contributed by atoms with Crippen molar-refractivity contribution in [1.29, 1.82) is 0 Å². The third-order valence-corrected chi connectivity index (χ3v) is 1.74. The molecule has 2 heteroatoms. The number of halogens is 1. The van der Waals surface area contributed by atoms with Gasteiger partial charge in [-0.25, -0.2) is 4.39 Å². The first kappa shape index (κ1) is 10.6. The van der Waals surface area contributed by atoms with Gasteiger partial charge < -0.3 is 4.74 Å². The van der Waals surface area contributed by atoms with Crippen molar-refractivity contribution >= 4 is 0 Å². The molecule has 0 saturated heterocycles. The van der Waals surface area contributed by atoms with Crippen LogP contribution in [0.5, 0.6) is 0 Å². The van der Waals surface area contributed by atoms with Gasteiger partial charge in [-0.3, -0.25) is 0 Å². The van der Waals surface area contributed by atoms with Crippen LogP contribution in [0.1, 0.15) is 27.2 Å². The largest absolute Gasteiger partial charge is 0.345 e. The fourth-order valence-corrected chi connectivity index (χ4v) is 0.508. The van der Waals surface area contributed by atoms with Gasteiger partial charge in [0.1, 0.15) is 0 Å². The van der Waals surface area contributed by atoms with Gasteiger partial charge in [-0.15, -0.1) is 6.58 Å². The van der Waals surface area contributed by atoms with Gasteiger partial charge in [0.25, 0.3) is 0 Å². The molecule has 1 atom stereocenters. The summed E-state index contributed by atoms with van der Waals surface area (Å²) in [5.74, 6) is -1.60. The molecule has 66 valence electrons. The molecule has 0 saturated carbocycles. The van der Waals surface area contributed by atoms with E-state index in [4.69, 9.17) is 4.74 Å². The van der Waals surface area contributed by atoms with Crippen molar-refractivity contribution in [3.8, 4) is 0 Å². The first-order chi connectivity index (χ1) is 5.00. The molecule has 0 heterocycles. The Hall–Kier alpha value is -0.370. The van der Waals surface area contributed by atoms with Gasteiger partial charge >= 0.3 is 0 Å². The van der Waals surface area contributed by atoms with Crippen molar-refractivity contribution in [3.05, 3.63) is 12.7 Å². The summed E-state index contributed by atoms with van der Waals surface area (Å²) in [6.45, 7) is 8.99. The van der Waals surface area contributed by atoms with Crippen LogP contribution < -0.4 is 0 Å². The second-order valence-corrected chi connectivity index (χ2v) is 3.07. The maximum atomic E-state index is 13.3. The number of hydrogen-bond donors (Lipinski definition) is 0. The van der Waals surface area contributed by atoms with E-state index in [2.05, 4.69) is 6.58 Å². The maximum Gasteiger partial charge on any atom is 0.208 e. The Morgan fingerprint density at radius 2 is 2.18 bits per heavy atom. The predicted molar refractivity (Wildman–Crippen MR) is 45.1 cm³/mol. The van der Waals surface area contributed by atoms with Crippen LogP contribution in [0.3, 0.4) is 0 Å². The van der Waals surface area contributed by atoms with Gasteiger partial charge in [-0.05, 0) is 13.3 Å². The molecule has 0 N–H and O–H groups in total. The maximum absolute atomic E-state index is 13.3. The van der Waals surface area contributed by atoms with E-state index >= 15 is 0 Å². The van der Waals surface area contributed by atoms with Gasteiger partial charge in [-0.1, -0.05) is 19.9 Å². The Morgan fingerprint density at radius 1 is 1.64 bits per heavy atom. The topological polar surface area (TPSA) is 9.23 Å². The first-order valence-corrected chi connectivity index (χ1v) is 3.94. The lowest BCUT2D eigenvalue weighted by atomic mass is 10.1. The van der Waals surface area contributed by atoms with Gasteiger partial charge in [0.15, 0.2) is 0 Å². The van der Waals surface area contributed by atoms with Crippen LogP contribution in [-0.2, 0) is 4.74 Å². The highest BCUT2D eigenvalue weighted by atomic mass is 19.2. The fraction of sp³-hybridized carbons (Fsp3) is 0.778. The molecule has 0 aliphatic carbocycles. The Balaban J connectivity index is 3.63. The monoisotopic (exact) mass is 160 g/mol. The molecule has 11 heavy (non-hydrogen) atoms. The Kier molecular flexibility index (Phi) is 4.34. The lowest BCUT2D eigenvalue weighted by Gasteiger charge is -2.24. The van der Waals surface area contributed by atoms with Gasteiger partial charge in [0.05, 0.1) is 6.61 Å². The predicted octanol–water partition coefficient (Wildman–Crippen LogP) is 2.92. The molecule has 1 unspecified atom stereocenters. The van der Waals surface area contributed by atoms with E-state index < -0.39 is 5.85 Å². The fourth-order valence-electron chi connectivity index (χ4n) is 0.508. The molecule has 0 aliphatic heterocycles. The minimum Gasteiger partial charge on any atom is -0.345 e. The Bertz CT molecular complexity index is 119. The van der Waals surface area contributed by atoms with Crippen LogP contribution in [0.4, 0.5) is 4.39 Å². The SMILES string of the molecule is C=CCCOC(C)(F)C(C)C. The molecular weight excluding hydrogens is 143 g/mol. The van der Waals surface area contributed by atoms with E-state index in [-0.39, 0.29) is 5.92 Å². The molecular formula is C9H17FO. The second-order valence-electron chi connectivity index (χ2n) is 3.07. The highest BCUT2D eigenvalue weighted by Gasteiger charge is 2.27. The minimum absolute atomic E-state index is 0.104. The van der Waals surface area contributed by atoms with Gasteiger partial charge in [0, 0.05) is 5.92 Å². The lowest BCUT2D eigenvalue weighted by molar-refractivity contribution is -0.159. The number of rotatable bonds is 5. The zero-order valence-electron chi connectivity index (χ0n) is 7.56. The van der Waals surface area contributed by atoms with E-state index in [9.17, 15) is 4.39 Å². The van der Waals surface area contributed by atoms with Crippen molar-refractivity contribution in [3.63, 3.8) is 0 Å². The molecule has 0 aromatic rings. The summed E-state index contributed by atoms with van der Waals surface area (Å²) in [5.41, 5.74) is 0. The van der Waals surface area contributed by atoms with E-state index in [1.165, 1.54) is 6.92 Å². The molecule has 0 spiro atoms. The smallest absolute Gasteiger partial charge is 0.208 e. The van der Waals surface area contributed by atoms with Crippen molar-refractivity contribution in [2.75, 3.05) is 6.61 Å². The molecule has 1 nitrogen and oxygen atoms in total.